The standard InChI is InChI=1S/C27H21ClN2O4/c1-3-27(33)19-11-22-24-17(12-30(22)25(31)18(19)13-34-26(27)32)23(15-6-4-5-7-20(15)28)16-10-14(2)8-9-21(16)29-24/h4-9,11,33H,2-3,10,12-13H2,1H3. The van der Waals surface area contributed by atoms with Crippen LogP contribution in [0.2, 0.25) is 5.02 Å². The molecule has 0 fully saturated rings. The number of cyclic esters (lactones) is 1. The lowest BCUT2D eigenvalue weighted by Crippen LogP contribution is -2.44. The van der Waals surface area contributed by atoms with Gasteiger partial charge in [0.25, 0.3) is 5.56 Å². The number of aliphatic hydroxyl groups is 1. The van der Waals surface area contributed by atoms with E-state index in [0.29, 0.717) is 40.5 Å². The zero-order valence-corrected chi connectivity index (χ0v) is 19.3. The molecule has 1 aliphatic carbocycles. The van der Waals surface area contributed by atoms with Crippen LogP contribution in [0.25, 0.3) is 28.6 Å². The molecule has 170 valence electrons. The van der Waals surface area contributed by atoms with E-state index >= 15 is 0 Å². The zero-order valence-electron chi connectivity index (χ0n) is 18.5. The summed E-state index contributed by atoms with van der Waals surface area (Å²) >= 11 is 6.64. The summed E-state index contributed by atoms with van der Waals surface area (Å²) in [5.41, 5.74) is 5.20. The monoisotopic (exact) mass is 472 g/mol. The second-order valence-electron chi connectivity index (χ2n) is 8.93. The Bertz CT molecular complexity index is 1530. The molecule has 2 aliphatic heterocycles. The number of benzene rings is 1. The van der Waals surface area contributed by atoms with Gasteiger partial charge in [0.2, 0.25) is 0 Å². The van der Waals surface area contributed by atoms with E-state index in [9.17, 15) is 14.7 Å². The number of hydrogen-bond donors (Lipinski definition) is 1. The molecule has 0 saturated heterocycles. The van der Waals surface area contributed by atoms with Crippen molar-refractivity contribution in [1.82, 2.24) is 9.55 Å². The molecule has 4 heterocycles. The molecule has 0 radical (unpaired) electrons. The summed E-state index contributed by atoms with van der Waals surface area (Å²) in [4.78, 5) is 30.9. The summed E-state index contributed by atoms with van der Waals surface area (Å²) in [6.07, 6.45) is 4.60. The molecule has 1 aromatic carbocycles. The molecule has 3 aliphatic rings. The molecule has 6 nitrogen and oxygen atoms in total. The molecule has 0 bridgehead atoms. The highest BCUT2D eigenvalue weighted by molar-refractivity contribution is 6.33. The number of allylic oxidation sites excluding steroid dienone is 2. The summed E-state index contributed by atoms with van der Waals surface area (Å²) in [6, 6.07) is 9.37. The van der Waals surface area contributed by atoms with Crippen molar-refractivity contribution in [2.75, 3.05) is 0 Å². The summed E-state index contributed by atoms with van der Waals surface area (Å²) in [6.45, 7) is 5.97. The van der Waals surface area contributed by atoms with Gasteiger partial charge in [-0.25, -0.2) is 9.78 Å². The molecule has 6 rings (SSSR count). The van der Waals surface area contributed by atoms with Crippen LogP contribution in [0.5, 0.6) is 0 Å². The number of halogens is 1. The Kier molecular flexibility index (Phi) is 4.50. The minimum atomic E-state index is -1.86. The Morgan fingerprint density at radius 1 is 1.21 bits per heavy atom. The predicted molar refractivity (Wildman–Crippen MR) is 129 cm³/mol. The number of hydrogen-bond acceptors (Lipinski definition) is 5. The molecule has 0 spiro atoms. The number of rotatable bonds is 2. The fraction of sp³-hybridized carbons (Fsp3) is 0.222. The molecule has 0 saturated carbocycles. The molecule has 1 unspecified atom stereocenters. The number of carbonyl (C=O) groups excluding carboxylic acids is 1. The third kappa shape index (κ3) is 2.76. The topological polar surface area (TPSA) is 81.4 Å². The fourth-order valence-corrected chi connectivity index (χ4v) is 5.48. The van der Waals surface area contributed by atoms with Crippen LogP contribution in [0.4, 0.5) is 0 Å². The van der Waals surface area contributed by atoms with Crippen LogP contribution in [0.15, 0.2) is 53.4 Å². The van der Waals surface area contributed by atoms with E-state index in [1.54, 1.807) is 17.6 Å². The van der Waals surface area contributed by atoms with Gasteiger partial charge in [0, 0.05) is 21.7 Å². The lowest BCUT2D eigenvalue weighted by Gasteiger charge is -2.31. The second-order valence-corrected chi connectivity index (χ2v) is 9.34. The minimum Gasteiger partial charge on any atom is -0.458 e. The van der Waals surface area contributed by atoms with Crippen molar-refractivity contribution in [1.29, 1.82) is 0 Å². The van der Waals surface area contributed by atoms with Crippen LogP contribution in [0.3, 0.4) is 0 Å². The highest BCUT2D eigenvalue weighted by Crippen LogP contribution is 2.45. The summed E-state index contributed by atoms with van der Waals surface area (Å²) in [7, 11) is 0. The van der Waals surface area contributed by atoms with Crippen LogP contribution in [-0.2, 0) is 34.7 Å². The first-order chi connectivity index (χ1) is 16.3. The maximum absolute atomic E-state index is 13.6. The van der Waals surface area contributed by atoms with E-state index in [0.717, 1.165) is 33.5 Å². The van der Waals surface area contributed by atoms with Crippen LogP contribution in [0.1, 0.15) is 41.3 Å². The number of aromatic nitrogens is 2. The summed E-state index contributed by atoms with van der Waals surface area (Å²) in [5, 5.41) is 11.7. The maximum atomic E-state index is 13.6. The molecule has 1 atom stereocenters. The lowest BCUT2D eigenvalue weighted by atomic mass is 9.85. The Labute approximate surface area is 200 Å². The van der Waals surface area contributed by atoms with Gasteiger partial charge in [0.05, 0.1) is 29.2 Å². The van der Waals surface area contributed by atoms with Crippen molar-refractivity contribution in [3.8, 4) is 22.5 Å². The van der Waals surface area contributed by atoms with Crippen molar-refractivity contribution in [2.24, 2.45) is 0 Å². The fourth-order valence-electron chi connectivity index (χ4n) is 5.25. The van der Waals surface area contributed by atoms with Gasteiger partial charge in [-0.05, 0) is 42.2 Å². The Morgan fingerprint density at radius 2 is 2.00 bits per heavy atom. The Balaban J connectivity index is 1.68. The van der Waals surface area contributed by atoms with Gasteiger partial charge in [-0.1, -0.05) is 55.0 Å². The van der Waals surface area contributed by atoms with Crippen LogP contribution >= 0.6 is 11.6 Å². The van der Waals surface area contributed by atoms with E-state index in [2.05, 4.69) is 6.58 Å². The quantitative estimate of drug-likeness (QED) is 0.438. The molecular formula is C27H21ClN2O4. The zero-order chi connectivity index (χ0) is 23.8. The van der Waals surface area contributed by atoms with Crippen molar-refractivity contribution in [3.05, 3.63) is 91.9 Å². The van der Waals surface area contributed by atoms with Gasteiger partial charge >= 0.3 is 5.97 Å². The smallest absolute Gasteiger partial charge is 0.343 e. The average molecular weight is 473 g/mol. The number of nitrogens with zero attached hydrogens (tertiary/aromatic N) is 2. The minimum absolute atomic E-state index is 0.0991. The van der Waals surface area contributed by atoms with Crippen molar-refractivity contribution < 1.29 is 14.6 Å². The molecule has 1 N–H and O–H groups in total. The first-order valence-electron chi connectivity index (χ1n) is 11.2. The number of fused-ring (bicyclic) bond motifs is 5. The van der Waals surface area contributed by atoms with Gasteiger partial charge in [0.1, 0.15) is 6.61 Å². The SMILES string of the molecule is C=C1C=Cc2nc3c(c(-c4ccccc4Cl)c2C1)Cn1c-3cc2c(c1=O)COC(=O)C2(O)CC. The average Bonchev–Trinajstić information content (AvgIpc) is 3.19. The summed E-state index contributed by atoms with van der Waals surface area (Å²) < 4.78 is 6.83. The molecule has 34 heavy (non-hydrogen) atoms. The molecule has 2 aromatic heterocycles. The van der Waals surface area contributed by atoms with Gasteiger partial charge < -0.3 is 14.4 Å². The second kappa shape index (κ2) is 7.26. The van der Waals surface area contributed by atoms with Gasteiger partial charge in [-0.15, -0.1) is 0 Å². The van der Waals surface area contributed by atoms with Gasteiger partial charge in [-0.2, -0.15) is 0 Å². The summed E-state index contributed by atoms with van der Waals surface area (Å²) in [5.74, 6) is -0.735. The maximum Gasteiger partial charge on any atom is 0.343 e. The largest absolute Gasteiger partial charge is 0.458 e. The highest BCUT2D eigenvalue weighted by Gasteiger charge is 2.45. The number of pyridine rings is 2. The third-order valence-electron chi connectivity index (χ3n) is 7.06. The molecule has 7 heteroatoms. The highest BCUT2D eigenvalue weighted by atomic mass is 35.5. The first kappa shape index (κ1) is 21.1. The predicted octanol–water partition coefficient (Wildman–Crippen LogP) is 4.37. The van der Waals surface area contributed by atoms with E-state index in [1.807, 2.05) is 36.4 Å². The van der Waals surface area contributed by atoms with E-state index < -0.39 is 11.6 Å². The first-order valence-corrected chi connectivity index (χ1v) is 11.5. The molecule has 3 aromatic rings. The van der Waals surface area contributed by atoms with Crippen molar-refractivity contribution in [3.63, 3.8) is 0 Å². The third-order valence-corrected chi connectivity index (χ3v) is 7.39. The van der Waals surface area contributed by atoms with Crippen molar-refractivity contribution >= 4 is 23.6 Å². The lowest BCUT2D eigenvalue weighted by molar-refractivity contribution is -0.172. The van der Waals surface area contributed by atoms with Gasteiger partial charge in [0.15, 0.2) is 5.60 Å². The molecular weight excluding hydrogens is 452 g/mol. The Hall–Kier alpha value is -3.48. The van der Waals surface area contributed by atoms with E-state index in [-0.39, 0.29) is 18.6 Å². The van der Waals surface area contributed by atoms with E-state index in [1.165, 1.54) is 0 Å². The van der Waals surface area contributed by atoms with E-state index in [4.69, 9.17) is 21.3 Å². The van der Waals surface area contributed by atoms with Crippen molar-refractivity contribution in [2.45, 2.75) is 38.5 Å². The number of ether oxygens (including phenoxy) is 1. The number of carbonyl (C=O) groups is 1. The Morgan fingerprint density at radius 3 is 2.76 bits per heavy atom. The normalized spacial score (nSPS) is 19.9. The van der Waals surface area contributed by atoms with Crippen LogP contribution in [0, 0.1) is 0 Å². The molecule has 0 amide bonds. The van der Waals surface area contributed by atoms with Gasteiger partial charge in [-0.3, -0.25) is 4.79 Å². The number of esters is 1. The van der Waals surface area contributed by atoms with Crippen LogP contribution < -0.4 is 5.56 Å². The van der Waals surface area contributed by atoms with Crippen LogP contribution in [-0.4, -0.2) is 20.6 Å².